The van der Waals surface area contributed by atoms with E-state index in [0.29, 0.717) is 22.8 Å². The van der Waals surface area contributed by atoms with Crippen LogP contribution in [0.15, 0.2) is 65.3 Å². The van der Waals surface area contributed by atoms with E-state index in [0.717, 1.165) is 24.3 Å². The lowest BCUT2D eigenvalue weighted by Gasteiger charge is -2.10. The lowest BCUT2D eigenvalue weighted by Crippen LogP contribution is -2.05. The van der Waals surface area contributed by atoms with Crippen LogP contribution in [-0.4, -0.2) is 5.71 Å². The Kier molecular flexibility index (Phi) is 5.98. The van der Waals surface area contributed by atoms with Crippen LogP contribution in [0.25, 0.3) is 0 Å². The van der Waals surface area contributed by atoms with E-state index in [-0.39, 0.29) is 0 Å². The fraction of sp³-hybridized carbons (Fsp3) is 0.211. The van der Waals surface area contributed by atoms with Gasteiger partial charge < -0.3 is 5.32 Å². The average Bonchev–Trinajstić information content (AvgIpc) is 2.53. The van der Waals surface area contributed by atoms with Gasteiger partial charge in [-0.3, -0.25) is 4.99 Å². The van der Waals surface area contributed by atoms with Gasteiger partial charge >= 0.3 is 12.4 Å². The molecular formula is C19H16F6N2. The molecule has 0 spiro atoms. The first-order chi connectivity index (χ1) is 12.4. The number of hydrogen-bond donors (Lipinski definition) is 1. The van der Waals surface area contributed by atoms with Crippen molar-refractivity contribution < 1.29 is 26.3 Å². The molecule has 0 bridgehead atoms. The van der Waals surface area contributed by atoms with E-state index in [1.165, 1.54) is 24.3 Å². The number of nitrogens with one attached hydrogen (secondary N) is 1. The van der Waals surface area contributed by atoms with Gasteiger partial charge in [0.05, 0.1) is 16.8 Å². The Labute approximate surface area is 152 Å². The summed E-state index contributed by atoms with van der Waals surface area (Å²) in [5.74, 6) is 0. The van der Waals surface area contributed by atoms with E-state index >= 15 is 0 Å². The minimum atomic E-state index is -4.40. The predicted octanol–water partition coefficient (Wildman–Crippen LogP) is 6.83. The first kappa shape index (κ1) is 20.5. The van der Waals surface area contributed by atoms with Crippen molar-refractivity contribution in [2.45, 2.75) is 26.2 Å². The van der Waals surface area contributed by atoms with Crippen molar-refractivity contribution >= 4 is 17.1 Å². The number of hydrogen-bond acceptors (Lipinski definition) is 2. The fourth-order valence-electron chi connectivity index (χ4n) is 2.28. The average molecular weight is 386 g/mol. The summed E-state index contributed by atoms with van der Waals surface area (Å²) in [4.78, 5) is 4.19. The molecule has 2 aromatic rings. The SMILES string of the molecule is CC(/C=C(\C)Nc1ccc(C(F)(F)F)cc1)=Nc1ccc(C(F)(F)F)cc1. The Morgan fingerprint density at radius 1 is 0.778 bits per heavy atom. The standard InChI is InChI=1S/C19H16F6N2/c1-12(26-16-7-3-14(4-8-16)18(20,21)22)11-13(2)27-17-9-5-15(6-10-17)19(23,24)25/h3-11,26H,1-2H3/b12-11+,27-13?. The van der Waals surface area contributed by atoms with E-state index in [4.69, 9.17) is 0 Å². The highest BCUT2D eigenvalue weighted by atomic mass is 19.4. The lowest BCUT2D eigenvalue weighted by atomic mass is 10.2. The quantitative estimate of drug-likeness (QED) is 0.452. The molecule has 0 amide bonds. The zero-order chi connectivity index (χ0) is 20.2. The summed E-state index contributed by atoms with van der Waals surface area (Å²) in [5, 5.41) is 2.93. The second-order valence-corrected chi connectivity index (χ2v) is 5.83. The maximum Gasteiger partial charge on any atom is 0.416 e. The van der Waals surface area contributed by atoms with Crippen molar-refractivity contribution in [2.75, 3.05) is 5.32 Å². The Morgan fingerprint density at radius 3 is 1.67 bits per heavy atom. The topological polar surface area (TPSA) is 24.4 Å². The summed E-state index contributed by atoms with van der Waals surface area (Å²) in [6.45, 7) is 3.36. The molecule has 0 saturated heterocycles. The molecule has 144 valence electrons. The maximum absolute atomic E-state index is 12.5. The Bertz CT molecular complexity index is 828. The third-order valence-electron chi connectivity index (χ3n) is 3.48. The molecule has 0 atom stereocenters. The van der Waals surface area contributed by atoms with Crippen LogP contribution in [0.5, 0.6) is 0 Å². The first-order valence-corrected chi connectivity index (χ1v) is 7.80. The maximum atomic E-state index is 12.5. The molecular weight excluding hydrogens is 370 g/mol. The molecule has 0 saturated carbocycles. The van der Waals surface area contributed by atoms with Crippen LogP contribution < -0.4 is 5.32 Å². The van der Waals surface area contributed by atoms with Gasteiger partial charge in [0.25, 0.3) is 0 Å². The molecule has 2 aromatic carbocycles. The highest BCUT2D eigenvalue weighted by Crippen LogP contribution is 2.31. The van der Waals surface area contributed by atoms with Crippen molar-refractivity contribution in [2.24, 2.45) is 4.99 Å². The molecule has 0 heterocycles. The molecule has 0 radical (unpaired) electrons. The smallest absolute Gasteiger partial charge is 0.359 e. The van der Waals surface area contributed by atoms with E-state index in [2.05, 4.69) is 10.3 Å². The second-order valence-electron chi connectivity index (χ2n) is 5.83. The molecule has 8 heteroatoms. The summed E-state index contributed by atoms with van der Waals surface area (Å²) < 4.78 is 75.2. The third-order valence-corrected chi connectivity index (χ3v) is 3.48. The number of allylic oxidation sites excluding steroid dienone is 2. The van der Waals surface area contributed by atoms with Crippen LogP contribution >= 0.6 is 0 Å². The van der Waals surface area contributed by atoms with Crippen molar-refractivity contribution in [1.29, 1.82) is 0 Å². The van der Waals surface area contributed by atoms with Crippen LogP contribution in [0.2, 0.25) is 0 Å². The summed E-state index contributed by atoms with van der Waals surface area (Å²) in [5.41, 5.74) is 0.470. The van der Waals surface area contributed by atoms with E-state index < -0.39 is 23.5 Å². The number of halogens is 6. The number of benzene rings is 2. The van der Waals surface area contributed by atoms with Gasteiger partial charge in [-0.15, -0.1) is 0 Å². The molecule has 1 N–H and O–H groups in total. The van der Waals surface area contributed by atoms with Crippen molar-refractivity contribution in [3.8, 4) is 0 Å². The Morgan fingerprint density at radius 2 is 1.22 bits per heavy atom. The van der Waals surface area contributed by atoms with Crippen LogP contribution in [0.3, 0.4) is 0 Å². The number of nitrogens with zero attached hydrogens (tertiary/aromatic N) is 1. The van der Waals surface area contributed by atoms with Gasteiger partial charge in [-0.2, -0.15) is 26.3 Å². The van der Waals surface area contributed by atoms with Gasteiger partial charge in [0.15, 0.2) is 0 Å². The number of anilines is 1. The minimum Gasteiger partial charge on any atom is -0.359 e. The molecule has 0 unspecified atom stereocenters. The zero-order valence-electron chi connectivity index (χ0n) is 14.4. The first-order valence-electron chi connectivity index (χ1n) is 7.80. The van der Waals surface area contributed by atoms with E-state index in [1.807, 2.05) is 0 Å². The van der Waals surface area contributed by atoms with Gasteiger partial charge in [-0.05, 0) is 68.5 Å². The molecule has 2 rings (SSSR count). The third kappa shape index (κ3) is 6.16. The Balaban J connectivity index is 2.07. The highest BCUT2D eigenvalue weighted by molar-refractivity contribution is 5.95. The number of aliphatic imine (C=N–C) groups is 1. The van der Waals surface area contributed by atoms with Gasteiger partial charge in [0, 0.05) is 17.1 Å². The normalized spacial score (nSPS) is 13.6. The molecule has 2 nitrogen and oxygen atoms in total. The predicted molar refractivity (Wildman–Crippen MR) is 93.0 cm³/mol. The van der Waals surface area contributed by atoms with E-state index in [9.17, 15) is 26.3 Å². The molecule has 0 fully saturated rings. The van der Waals surface area contributed by atoms with Gasteiger partial charge in [-0.1, -0.05) is 0 Å². The lowest BCUT2D eigenvalue weighted by molar-refractivity contribution is -0.138. The number of rotatable bonds is 4. The molecule has 0 aliphatic carbocycles. The second kappa shape index (κ2) is 7.85. The van der Waals surface area contributed by atoms with Gasteiger partial charge in [0.1, 0.15) is 0 Å². The Hall–Kier alpha value is -2.77. The fourth-order valence-corrected chi connectivity index (χ4v) is 2.28. The highest BCUT2D eigenvalue weighted by Gasteiger charge is 2.30. The zero-order valence-corrected chi connectivity index (χ0v) is 14.4. The summed E-state index contributed by atoms with van der Waals surface area (Å²) >= 11 is 0. The molecule has 27 heavy (non-hydrogen) atoms. The van der Waals surface area contributed by atoms with Crippen LogP contribution in [-0.2, 0) is 12.4 Å². The minimum absolute atomic E-state index is 0.360. The summed E-state index contributed by atoms with van der Waals surface area (Å²) in [6.07, 6.45) is -7.16. The van der Waals surface area contributed by atoms with Crippen molar-refractivity contribution in [3.05, 3.63) is 71.4 Å². The largest absolute Gasteiger partial charge is 0.416 e. The monoisotopic (exact) mass is 386 g/mol. The van der Waals surface area contributed by atoms with Crippen LogP contribution in [0.4, 0.5) is 37.7 Å². The summed E-state index contributed by atoms with van der Waals surface area (Å²) in [7, 11) is 0. The van der Waals surface area contributed by atoms with Crippen LogP contribution in [0, 0.1) is 0 Å². The van der Waals surface area contributed by atoms with E-state index in [1.54, 1.807) is 19.9 Å². The van der Waals surface area contributed by atoms with Gasteiger partial charge in [-0.25, -0.2) is 0 Å². The summed E-state index contributed by atoms with van der Waals surface area (Å²) in [6, 6.07) is 8.98. The number of alkyl halides is 6. The van der Waals surface area contributed by atoms with Crippen LogP contribution in [0.1, 0.15) is 25.0 Å². The molecule has 0 aliphatic heterocycles. The van der Waals surface area contributed by atoms with Crippen molar-refractivity contribution in [1.82, 2.24) is 0 Å². The molecule has 0 aliphatic rings. The molecule has 0 aromatic heterocycles. The van der Waals surface area contributed by atoms with Gasteiger partial charge in [0.2, 0.25) is 0 Å². The van der Waals surface area contributed by atoms with Crippen molar-refractivity contribution in [3.63, 3.8) is 0 Å².